The highest BCUT2D eigenvalue weighted by atomic mass is 19.3. The molecule has 10 heavy (non-hydrogen) atoms. The highest BCUT2D eigenvalue weighted by Crippen LogP contribution is 2.07. The number of ether oxygens (including phenoxy) is 1. The van der Waals surface area contributed by atoms with Crippen molar-refractivity contribution in [1.29, 1.82) is 0 Å². The molecule has 0 spiro atoms. The lowest BCUT2D eigenvalue weighted by atomic mass is 10.3. The van der Waals surface area contributed by atoms with Crippen molar-refractivity contribution < 1.29 is 17.9 Å². The molecule has 1 nitrogen and oxygen atoms in total. The van der Waals surface area contributed by atoms with Crippen molar-refractivity contribution in [3.8, 4) is 0 Å². The van der Waals surface area contributed by atoms with Crippen LogP contribution in [0.15, 0.2) is 12.8 Å². The van der Waals surface area contributed by atoms with Gasteiger partial charge >= 0.3 is 0 Å². The number of halogens is 3. The quantitative estimate of drug-likeness (QED) is 0.551. The van der Waals surface area contributed by atoms with Crippen LogP contribution in [-0.4, -0.2) is 19.2 Å². The number of hydrogen-bond donors (Lipinski definition) is 0. The van der Waals surface area contributed by atoms with Crippen LogP contribution in [0.25, 0.3) is 0 Å². The van der Waals surface area contributed by atoms with Gasteiger partial charge in [-0.05, 0) is 0 Å². The van der Waals surface area contributed by atoms with Crippen molar-refractivity contribution >= 4 is 0 Å². The molecule has 0 amide bonds. The Morgan fingerprint density at radius 1 is 1.50 bits per heavy atom. The lowest BCUT2D eigenvalue weighted by Gasteiger charge is -2.10. The van der Waals surface area contributed by atoms with Crippen LogP contribution < -0.4 is 0 Å². The maximum atomic E-state index is 11.7. The van der Waals surface area contributed by atoms with E-state index in [1.54, 1.807) is 0 Å². The molecule has 0 aliphatic heterocycles. The summed E-state index contributed by atoms with van der Waals surface area (Å²) in [6.45, 7) is 2.22. The summed E-state index contributed by atoms with van der Waals surface area (Å²) in [4.78, 5) is 0. The molecular weight excluding hydrogens is 145 g/mol. The zero-order valence-electron chi connectivity index (χ0n) is 5.40. The van der Waals surface area contributed by atoms with Crippen LogP contribution >= 0.6 is 0 Å². The van der Waals surface area contributed by atoms with Crippen LogP contribution in [0.1, 0.15) is 6.42 Å². The fraction of sp³-hybridized carbons (Fsp3) is 0.667. The Morgan fingerprint density at radius 3 is 2.40 bits per heavy atom. The minimum atomic E-state index is -2.53. The van der Waals surface area contributed by atoms with Gasteiger partial charge in [0, 0.05) is 6.42 Å². The largest absolute Gasteiger partial charge is 0.496 e. The fourth-order valence-electron chi connectivity index (χ4n) is 0.490. The Balaban J connectivity index is 3.48. The Hall–Kier alpha value is -0.670. The zero-order chi connectivity index (χ0) is 7.98. The highest BCUT2D eigenvalue weighted by molar-refractivity contribution is 4.62. The standard InChI is InChI=1S/C6H9F3O/c1-2-10-5(4-7)3-6(8)9/h2,5-6H,1,3-4H2. The Labute approximate surface area is 57.5 Å². The van der Waals surface area contributed by atoms with Gasteiger partial charge in [-0.1, -0.05) is 6.58 Å². The van der Waals surface area contributed by atoms with Gasteiger partial charge in [0.1, 0.15) is 12.8 Å². The molecule has 0 aromatic carbocycles. The van der Waals surface area contributed by atoms with Crippen molar-refractivity contribution in [2.45, 2.75) is 19.0 Å². The number of rotatable bonds is 5. The second kappa shape index (κ2) is 5.14. The lowest BCUT2D eigenvalue weighted by molar-refractivity contribution is 0.0382. The second-order valence-corrected chi connectivity index (χ2v) is 1.71. The van der Waals surface area contributed by atoms with Crippen LogP contribution in [0.3, 0.4) is 0 Å². The van der Waals surface area contributed by atoms with E-state index >= 15 is 0 Å². The fourth-order valence-corrected chi connectivity index (χ4v) is 0.490. The molecule has 0 aromatic rings. The van der Waals surface area contributed by atoms with Crippen molar-refractivity contribution in [2.75, 3.05) is 6.67 Å². The SMILES string of the molecule is C=COC(CF)CC(F)F. The molecule has 0 saturated heterocycles. The highest BCUT2D eigenvalue weighted by Gasteiger charge is 2.14. The molecule has 0 radical (unpaired) electrons. The first-order valence-electron chi connectivity index (χ1n) is 2.81. The molecule has 1 unspecified atom stereocenters. The van der Waals surface area contributed by atoms with E-state index in [4.69, 9.17) is 0 Å². The van der Waals surface area contributed by atoms with E-state index in [1.165, 1.54) is 0 Å². The molecule has 0 aliphatic rings. The lowest BCUT2D eigenvalue weighted by Crippen LogP contribution is -2.15. The normalized spacial score (nSPS) is 13.2. The summed E-state index contributed by atoms with van der Waals surface area (Å²) >= 11 is 0. The van der Waals surface area contributed by atoms with E-state index in [0.29, 0.717) is 0 Å². The topological polar surface area (TPSA) is 9.23 Å². The van der Waals surface area contributed by atoms with E-state index in [1.807, 2.05) is 0 Å². The second-order valence-electron chi connectivity index (χ2n) is 1.71. The van der Waals surface area contributed by atoms with Gasteiger partial charge in [-0.3, -0.25) is 0 Å². The first-order valence-corrected chi connectivity index (χ1v) is 2.81. The van der Waals surface area contributed by atoms with Gasteiger partial charge in [0.05, 0.1) is 6.26 Å². The molecule has 0 saturated carbocycles. The summed E-state index contributed by atoms with van der Waals surface area (Å²) in [5, 5.41) is 0. The first-order chi connectivity index (χ1) is 4.70. The Kier molecular flexibility index (Phi) is 4.80. The van der Waals surface area contributed by atoms with E-state index in [2.05, 4.69) is 11.3 Å². The summed E-state index contributed by atoms with van der Waals surface area (Å²) in [6.07, 6.45) is -3.19. The van der Waals surface area contributed by atoms with E-state index in [-0.39, 0.29) is 0 Å². The predicted octanol–water partition coefficient (Wildman–Crippen LogP) is 2.14. The molecule has 0 aliphatic carbocycles. The Morgan fingerprint density at radius 2 is 2.10 bits per heavy atom. The van der Waals surface area contributed by atoms with Gasteiger partial charge in [0.25, 0.3) is 0 Å². The molecule has 1 atom stereocenters. The van der Waals surface area contributed by atoms with E-state index in [9.17, 15) is 13.2 Å². The van der Waals surface area contributed by atoms with Crippen LogP contribution in [0.5, 0.6) is 0 Å². The van der Waals surface area contributed by atoms with Crippen LogP contribution in [-0.2, 0) is 4.74 Å². The van der Waals surface area contributed by atoms with Crippen molar-refractivity contribution in [3.63, 3.8) is 0 Å². The third-order valence-electron chi connectivity index (χ3n) is 0.902. The van der Waals surface area contributed by atoms with Gasteiger partial charge < -0.3 is 4.74 Å². The summed E-state index contributed by atoms with van der Waals surface area (Å²) in [7, 11) is 0. The minimum absolute atomic E-state index is 0.581. The van der Waals surface area contributed by atoms with Crippen molar-refractivity contribution in [3.05, 3.63) is 12.8 Å². The van der Waals surface area contributed by atoms with Crippen LogP contribution in [0, 0.1) is 0 Å². The number of alkyl halides is 3. The third-order valence-corrected chi connectivity index (χ3v) is 0.902. The van der Waals surface area contributed by atoms with Gasteiger partial charge in [0.15, 0.2) is 0 Å². The van der Waals surface area contributed by atoms with Gasteiger partial charge in [0.2, 0.25) is 6.43 Å². The maximum Gasteiger partial charge on any atom is 0.242 e. The summed E-state index contributed by atoms with van der Waals surface area (Å²) in [5.41, 5.74) is 0. The maximum absolute atomic E-state index is 11.7. The molecule has 0 N–H and O–H groups in total. The Bertz CT molecular complexity index is 95.0. The molecular formula is C6H9F3O. The van der Waals surface area contributed by atoms with Crippen LogP contribution in [0.4, 0.5) is 13.2 Å². The molecule has 0 aromatic heterocycles. The molecule has 0 rings (SSSR count). The van der Waals surface area contributed by atoms with Gasteiger partial charge in [-0.15, -0.1) is 0 Å². The molecule has 4 heteroatoms. The summed E-state index contributed by atoms with van der Waals surface area (Å²) < 4.78 is 39.1. The third kappa shape index (κ3) is 4.23. The average Bonchev–Trinajstić information content (AvgIpc) is 1.86. The summed E-state index contributed by atoms with van der Waals surface area (Å²) in [5.74, 6) is 0. The first kappa shape index (κ1) is 9.33. The average molecular weight is 154 g/mol. The van der Waals surface area contributed by atoms with Crippen LogP contribution in [0.2, 0.25) is 0 Å². The zero-order valence-corrected chi connectivity index (χ0v) is 5.40. The van der Waals surface area contributed by atoms with Gasteiger partial charge in [-0.2, -0.15) is 0 Å². The predicted molar refractivity (Wildman–Crippen MR) is 31.7 cm³/mol. The summed E-state index contributed by atoms with van der Waals surface area (Å²) in [6, 6.07) is 0. The molecule has 0 fully saturated rings. The van der Waals surface area contributed by atoms with Crippen molar-refractivity contribution in [1.82, 2.24) is 0 Å². The molecule has 0 bridgehead atoms. The van der Waals surface area contributed by atoms with Crippen molar-refractivity contribution in [2.24, 2.45) is 0 Å². The number of hydrogen-bond acceptors (Lipinski definition) is 1. The molecule has 60 valence electrons. The van der Waals surface area contributed by atoms with E-state index in [0.717, 1.165) is 6.26 Å². The van der Waals surface area contributed by atoms with E-state index < -0.39 is 25.6 Å². The monoisotopic (exact) mass is 154 g/mol. The minimum Gasteiger partial charge on any atom is -0.496 e. The smallest absolute Gasteiger partial charge is 0.242 e. The van der Waals surface area contributed by atoms with Gasteiger partial charge in [-0.25, -0.2) is 13.2 Å². The molecule has 0 heterocycles.